The number of carbonyl (C=O) groups excluding carboxylic acids is 1. The van der Waals surface area contributed by atoms with E-state index in [1.807, 2.05) is 13.0 Å². The summed E-state index contributed by atoms with van der Waals surface area (Å²) in [6.07, 6.45) is 1.20. The Hall–Kier alpha value is -2.65. The van der Waals surface area contributed by atoms with Gasteiger partial charge in [-0.2, -0.15) is 4.31 Å². The summed E-state index contributed by atoms with van der Waals surface area (Å²) < 4.78 is 32.9. The molecule has 0 aliphatic heterocycles. The quantitative estimate of drug-likeness (QED) is 0.720. The highest BCUT2D eigenvalue weighted by Gasteiger charge is 2.22. The third kappa shape index (κ3) is 4.79. The summed E-state index contributed by atoms with van der Waals surface area (Å²) in [5.74, 6) is 0.0209. The van der Waals surface area contributed by atoms with Crippen molar-refractivity contribution in [2.45, 2.75) is 32.2 Å². The molecule has 0 saturated carbocycles. The molecule has 1 heterocycles. The van der Waals surface area contributed by atoms with Crippen molar-refractivity contribution >= 4 is 21.6 Å². The molecule has 0 atom stereocenters. The van der Waals surface area contributed by atoms with Gasteiger partial charge in [-0.1, -0.05) is 19.9 Å². The smallest absolute Gasteiger partial charge is 0.251 e. The summed E-state index contributed by atoms with van der Waals surface area (Å²) in [7, 11) is -2.24. The molecular weight excluding hydrogens is 382 g/mol. The van der Waals surface area contributed by atoms with Crippen LogP contribution in [0.25, 0.3) is 0 Å². The van der Waals surface area contributed by atoms with Crippen molar-refractivity contribution < 1.29 is 17.9 Å². The molecule has 0 unspecified atom stereocenters. The van der Waals surface area contributed by atoms with Gasteiger partial charge in [-0.25, -0.2) is 8.42 Å². The second-order valence-corrected chi connectivity index (χ2v) is 8.11. The molecule has 0 bridgehead atoms. The first-order valence-corrected chi connectivity index (χ1v) is 10.3. The van der Waals surface area contributed by atoms with Crippen molar-refractivity contribution in [3.63, 3.8) is 0 Å². The van der Waals surface area contributed by atoms with Crippen molar-refractivity contribution in [1.29, 1.82) is 0 Å². The van der Waals surface area contributed by atoms with Gasteiger partial charge in [0.15, 0.2) is 0 Å². The van der Waals surface area contributed by atoms with E-state index in [-0.39, 0.29) is 11.4 Å². The van der Waals surface area contributed by atoms with E-state index >= 15 is 0 Å². The molecule has 2 rings (SSSR count). The number of hydrogen-bond donors (Lipinski definition) is 1. The first-order valence-electron chi connectivity index (χ1n) is 8.88. The standard InChI is InChI=1S/C19H25N3O5S/c1-5-22(6-2)28(25,26)15-8-10-19(24)21(12-15)13-18(23)20-16-11-14(3)7-9-17(16)27-4/h7-12H,5-6,13H2,1-4H3,(H,20,23). The van der Waals surface area contributed by atoms with Crippen molar-refractivity contribution in [2.75, 3.05) is 25.5 Å². The van der Waals surface area contributed by atoms with E-state index in [2.05, 4.69) is 5.32 Å². The maximum absolute atomic E-state index is 12.6. The lowest BCUT2D eigenvalue weighted by molar-refractivity contribution is -0.116. The summed E-state index contributed by atoms with van der Waals surface area (Å²) in [6.45, 7) is 5.65. The molecule has 0 spiro atoms. The fourth-order valence-corrected chi connectivity index (χ4v) is 4.24. The fourth-order valence-electron chi connectivity index (χ4n) is 2.76. The van der Waals surface area contributed by atoms with Crippen LogP contribution >= 0.6 is 0 Å². The van der Waals surface area contributed by atoms with E-state index in [0.29, 0.717) is 24.5 Å². The predicted octanol–water partition coefficient (Wildman–Crippen LogP) is 1.83. The monoisotopic (exact) mass is 407 g/mol. The lowest BCUT2D eigenvalue weighted by Crippen LogP contribution is -2.33. The van der Waals surface area contributed by atoms with Crippen LogP contribution in [0.3, 0.4) is 0 Å². The zero-order valence-electron chi connectivity index (χ0n) is 16.4. The van der Waals surface area contributed by atoms with Crippen molar-refractivity contribution in [3.8, 4) is 5.75 Å². The van der Waals surface area contributed by atoms with Gasteiger partial charge in [0.25, 0.3) is 5.56 Å². The van der Waals surface area contributed by atoms with Crippen LogP contribution in [0, 0.1) is 6.92 Å². The number of carbonyl (C=O) groups is 1. The number of aromatic nitrogens is 1. The molecule has 28 heavy (non-hydrogen) atoms. The average Bonchev–Trinajstić information content (AvgIpc) is 2.64. The largest absolute Gasteiger partial charge is 0.495 e. The minimum absolute atomic E-state index is 0.0308. The molecule has 1 aromatic heterocycles. The van der Waals surface area contributed by atoms with Gasteiger partial charge in [-0.3, -0.25) is 9.59 Å². The summed E-state index contributed by atoms with van der Waals surface area (Å²) in [6, 6.07) is 7.74. The molecule has 152 valence electrons. The number of amides is 1. The van der Waals surface area contributed by atoms with Gasteiger partial charge in [-0.15, -0.1) is 0 Å². The Morgan fingerprint density at radius 1 is 1.18 bits per heavy atom. The van der Waals surface area contributed by atoms with E-state index in [9.17, 15) is 18.0 Å². The zero-order chi connectivity index (χ0) is 20.9. The first kappa shape index (κ1) is 21.6. The third-order valence-corrected chi connectivity index (χ3v) is 6.28. The van der Waals surface area contributed by atoms with Gasteiger partial charge in [0.05, 0.1) is 17.7 Å². The van der Waals surface area contributed by atoms with Gasteiger partial charge < -0.3 is 14.6 Å². The van der Waals surface area contributed by atoms with Crippen molar-refractivity contribution in [1.82, 2.24) is 8.87 Å². The van der Waals surface area contributed by atoms with Crippen LogP contribution < -0.4 is 15.6 Å². The van der Waals surface area contributed by atoms with E-state index in [1.54, 1.807) is 26.0 Å². The number of rotatable bonds is 8. The number of aryl methyl sites for hydroxylation is 1. The van der Waals surface area contributed by atoms with Gasteiger partial charge in [0.1, 0.15) is 12.3 Å². The zero-order valence-corrected chi connectivity index (χ0v) is 17.2. The van der Waals surface area contributed by atoms with Crippen molar-refractivity contribution in [2.24, 2.45) is 0 Å². The van der Waals surface area contributed by atoms with Gasteiger partial charge >= 0.3 is 0 Å². The molecule has 0 aliphatic rings. The van der Waals surface area contributed by atoms with E-state index in [0.717, 1.165) is 16.2 Å². The predicted molar refractivity (Wildman–Crippen MR) is 107 cm³/mol. The number of anilines is 1. The van der Waals surface area contributed by atoms with Crippen LogP contribution in [-0.4, -0.2) is 43.4 Å². The summed E-state index contributed by atoms with van der Waals surface area (Å²) in [4.78, 5) is 24.5. The van der Waals surface area contributed by atoms with Crippen LogP contribution in [0.1, 0.15) is 19.4 Å². The number of pyridine rings is 1. The van der Waals surface area contributed by atoms with Gasteiger partial charge in [0, 0.05) is 25.4 Å². The molecule has 2 aromatic rings. The van der Waals surface area contributed by atoms with Gasteiger partial charge in [0.2, 0.25) is 15.9 Å². The molecule has 9 heteroatoms. The Bertz CT molecular complexity index is 1010. The molecule has 0 aliphatic carbocycles. The number of hydrogen-bond acceptors (Lipinski definition) is 5. The highest BCUT2D eigenvalue weighted by molar-refractivity contribution is 7.89. The number of benzene rings is 1. The lowest BCUT2D eigenvalue weighted by Gasteiger charge is -2.19. The minimum Gasteiger partial charge on any atom is -0.495 e. The molecular formula is C19H25N3O5S. The molecule has 1 aromatic carbocycles. The highest BCUT2D eigenvalue weighted by Crippen LogP contribution is 2.25. The molecule has 1 N–H and O–H groups in total. The average molecular weight is 407 g/mol. The van der Waals surface area contributed by atoms with E-state index < -0.39 is 21.5 Å². The SMILES string of the molecule is CCN(CC)S(=O)(=O)c1ccc(=O)n(CC(=O)Nc2cc(C)ccc2OC)c1. The minimum atomic E-state index is -3.73. The number of sulfonamides is 1. The molecule has 0 fully saturated rings. The number of ether oxygens (including phenoxy) is 1. The Morgan fingerprint density at radius 3 is 2.46 bits per heavy atom. The number of methoxy groups -OCH3 is 1. The summed E-state index contributed by atoms with van der Waals surface area (Å²) in [5.41, 5.74) is 0.943. The number of nitrogens with one attached hydrogen (secondary N) is 1. The van der Waals surface area contributed by atoms with Crippen LogP contribution in [0.4, 0.5) is 5.69 Å². The normalized spacial score (nSPS) is 11.5. The molecule has 1 amide bonds. The fraction of sp³-hybridized carbons (Fsp3) is 0.368. The Morgan fingerprint density at radius 2 is 1.86 bits per heavy atom. The van der Waals surface area contributed by atoms with E-state index in [1.165, 1.54) is 23.7 Å². The maximum Gasteiger partial charge on any atom is 0.251 e. The summed E-state index contributed by atoms with van der Waals surface area (Å²) in [5, 5.41) is 2.70. The Labute approximate surface area is 164 Å². The summed E-state index contributed by atoms with van der Waals surface area (Å²) >= 11 is 0. The van der Waals surface area contributed by atoms with Crippen LogP contribution in [0.5, 0.6) is 5.75 Å². The maximum atomic E-state index is 12.6. The van der Waals surface area contributed by atoms with Crippen LogP contribution in [0.2, 0.25) is 0 Å². The van der Waals surface area contributed by atoms with Gasteiger partial charge in [-0.05, 0) is 30.7 Å². The third-order valence-electron chi connectivity index (χ3n) is 4.24. The molecule has 8 nitrogen and oxygen atoms in total. The lowest BCUT2D eigenvalue weighted by atomic mass is 10.2. The Kier molecular flexibility index (Phi) is 6.98. The second kappa shape index (κ2) is 9.03. The highest BCUT2D eigenvalue weighted by atomic mass is 32.2. The van der Waals surface area contributed by atoms with Crippen molar-refractivity contribution in [3.05, 3.63) is 52.4 Å². The Balaban J connectivity index is 2.28. The second-order valence-electron chi connectivity index (χ2n) is 6.17. The molecule has 0 saturated heterocycles. The van der Waals surface area contributed by atoms with E-state index in [4.69, 9.17) is 4.74 Å². The van der Waals surface area contributed by atoms with Crippen LogP contribution in [-0.2, 0) is 21.4 Å². The molecule has 0 radical (unpaired) electrons. The first-order chi connectivity index (χ1) is 13.2. The number of nitrogens with zero attached hydrogens (tertiary/aromatic N) is 2. The van der Waals surface area contributed by atoms with Crippen LogP contribution in [0.15, 0.2) is 46.2 Å². The topological polar surface area (TPSA) is 97.7 Å².